The summed E-state index contributed by atoms with van der Waals surface area (Å²) in [6, 6.07) is 6.42. The maximum Gasteiger partial charge on any atom is 0.123 e. The molecule has 19 heavy (non-hydrogen) atoms. The van der Waals surface area contributed by atoms with Gasteiger partial charge >= 0.3 is 0 Å². The van der Waals surface area contributed by atoms with Crippen LogP contribution in [-0.4, -0.2) is 22.0 Å². The van der Waals surface area contributed by atoms with Gasteiger partial charge in [0.15, 0.2) is 0 Å². The normalized spacial score (nSPS) is 25.2. The molecule has 2 rings (SSSR count). The van der Waals surface area contributed by atoms with Gasteiger partial charge < -0.3 is 5.32 Å². The summed E-state index contributed by atoms with van der Waals surface area (Å²) in [6.07, 6.45) is 5.52. The van der Waals surface area contributed by atoms with Crippen molar-refractivity contribution in [3.63, 3.8) is 0 Å². The fourth-order valence-electron chi connectivity index (χ4n) is 2.66. The number of nitrogens with one attached hydrogen (secondary N) is 1. The van der Waals surface area contributed by atoms with Gasteiger partial charge in [-0.3, -0.25) is 4.21 Å². The minimum atomic E-state index is -1.04. The first-order valence-corrected chi connectivity index (χ1v) is 8.33. The molecular weight excluding hydrogens is 261 g/mol. The van der Waals surface area contributed by atoms with E-state index >= 15 is 0 Å². The van der Waals surface area contributed by atoms with E-state index in [0.717, 1.165) is 37.1 Å². The largest absolute Gasteiger partial charge is 0.313 e. The summed E-state index contributed by atoms with van der Waals surface area (Å²) in [7, 11) is -1.04. The van der Waals surface area contributed by atoms with Crippen LogP contribution in [0.2, 0.25) is 0 Å². The van der Waals surface area contributed by atoms with Gasteiger partial charge in [0.1, 0.15) is 5.82 Å². The van der Waals surface area contributed by atoms with Gasteiger partial charge in [-0.1, -0.05) is 19.8 Å². The lowest BCUT2D eigenvalue weighted by molar-refractivity contribution is 0.379. The molecule has 1 aromatic rings. The van der Waals surface area contributed by atoms with E-state index in [1.165, 1.54) is 18.6 Å². The molecule has 1 aromatic carbocycles. The Morgan fingerprint density at radius 2 is 1.95 bits per heavy atom. The Kier molecular flexibility index (Phi) is 5.52. The maximum absolute atomic E-state index is 12.9. The minimum absolute atomic E-state index is 0.158. The van der Waals surface area contributed by atoms with E-state index in [2.05, 4.69) is 12.2 Å². The van der Waals surface area contributed by atoms with Gasteiger partial charge in [0, 0.05) is 10.9 Å². The molecule has 1 fully saturated rings. The lowest BCUT2D eigenvalue weighted by atomic mass is 9.95. The first-order chi connectivity index (χ1) is 9.22. The summed E-state index contributed by atoms with van der Waals surface area (Å²) in [4.78, 5) is 0.747. The molecule has 1 aliphatic rings. The van der Waals surface area contributed by atoms with E-state index in [9.17, 15) is 8.60 Å². The predicted octanol–water partition coefficient (Wildman–Crippen LogP) is 3.24. The Hall–Kier alpha value is -0.740. The summed E-state index contributed by atoms with van der Waals surface area (Å²) in [5, 5.41) is 3.67. The predicted molar refractivity (Wildman–Crippen MR) is 77.1 cm³/mol. The van der Waals surface area contributed by atoms with Crippen molar-refractivity contribution in [1.29, 1.82) is 0 Å². The molecule has 2 nitrogen and oxygen atoms in total. The molecule has 0 bridgehead atoms. The molecule has 0 spiro atoms. The first-order valence-electron chi connectivity index (χ1n) is 7.12. The van der Waals surface area contributed by atoms with Crippen LogP contribution in [0.4, 0.5) is 4.39 Å². The Labute approximate surface area is 117 Å². The zero-order valence-electron chi connectivity index (χ0n) is 11.4. The van der Waals surface area contributed by atoms with Gasteiger partial charge in [-0.05, 0) is 50.1 Å². The Bertz CT molecular complexity index is 421. The van der Waals surface area contributed by atoms with Gasteiger partial charge in [-0.2, -0.15) is 0 Å². The van der Waals surface area contributed by atoms with Crippen molar-refractivity contribution in [2.75, 3.05) is 6.54 Å². The van der Waals surface area contributed by atoms with E-state index in [1.807, 2.05) is 0 Å². The summed E-state index contributed by atoms with van der Waals surface area (Å²) in [5.41, 5.74) is 0. The molecule has 1 saturated carbocycles. The van der Waals surface area contributed by atoms with Crippen molar-refractivity contribution in [1.82, 2.24) is 5.32 Å². The molecule has 3 atom stereocenters. The van der Waals surface area contributed by atoms with E-state index in [0.29, 0.717) is 6.04 Å². The molecule has 106 valence electrons. The van der Waals surface area contributed by atoms with Crippen LogP contribution in [0.5, 0.6) is 0 Å². The lowest BCUT2D eigenvalue weighted by Crippen LogP contribution is -2.44. The van der Waals surface area contributed by atoms with Crippen molar-refractivity contribution in [3.05, 3.63) is 30.1 Å². The Morgan fingerprint density at radius 3 is 2.63 bits per heavy atom. The van der Waals surface area contributed by atoms with Crippen LogP contribution >= 0.6 is 0 Å². The highest BCUT2D eigenvalue weighted by atomic mass is 32.2. The molecule has 0 amide bonds. The summed E-state index contributed by atoms with van der Waals surface area (Å²) in [6.45, 7) is 3.11. The second-order valence-electron chi connectivity index (χ2n) is 5.13. The fourth-order valence-corrected chi connectivity index (χ4v) is 4.33. The Balaban J connectivity index is 2.08. The molecule has 0 aromatic heterocycles. The zero-order chi connectivity index (χ0) is 13.7. The van der Waals surface area contributed by atoms with Crippen LogP contribution in [0, 0.1) is 5.82 Å². The third kappa shape index (κ3) is 3.86. The van der Waals surface area contributed by atoms with Crippen molar-refractivity contribution in [2.45, 2.75) is 55.2 Å². The molecular formula is C15H22FNOS. The summed E-state index contributed by atoms with van der Waals surface area (Å²) < 4.78 is 25.6. The second-order valence-corrected chi connectivity index (χ2v) is 6.81. The van der Waals surface area contributed by atoms with Crippen molar-refractivity contribution >= 4 is 10.8 Å². The zero-order valence-corrected chi connectivity index (χ0v) is 12.2. The number of hydrogen-bond acceptors (Lipinski definition) is 2. The standard InChI is InChI=1S/C15H22FNOS/c1-2-11-17-14-5-3-4-6-15(14)19(18)13-9-7-12(16)8-10-13/h7-10,14-15,17H,2-6,11H2,1H3. The highest BCUT2D eigenvalue weighted by molar-refractivity contribution is 7.85. The Morgan fingerprint density at radius 1 is 1.26 bits per heavy atom. The molecule has 0 radical (unpaired) electrons. The monoisotopic (exact) mass is 283 g/mol. The van der Waals surface area contributed by atoms with Crippen molar-refractivity contribution < 1.29 is 8.60 Å². The van der Waals surface area contributed by atoms with Gasteiger partial charge in [0.05, 0.1) is 16.0 Å². The van der Waals surface area contributed by atoms with Crippen LogP contribution in [0.25, 0.3) is 0 Å². The highest BCUT2D eigenvalue weighted by Gasteiger charge is 2.30. The number of benzene rings is 1. The average Bonchev–Trinajstić information content (AvgIpc) is 2.45. The topological polar surface area (TPSA) is 29.1 Å². The fraction of sp³-hybridized carbons (Fsp3) is 0.600. The van der Waals surface area contributed by atoms with Gasteiger partial charge in [0.2, 0.25) is 0 Å². The highest BCUT2D eigenvalue weighted by Crippen LogP contribution is 2.26. The molecule has 3 unspecified atom stereocenters. The van der Waals surface area contributed by atoms with E-state index in [1.54, 1.807) is 12.1 Å². The number of rotatable bonds is 5. The molecule has 0 saturated heterocycles. The quantitative estimate of drug-likeness (QED) is 0.899. The van der Waals surface area contributed by atoms with E-state index in [-0.39, 0.29) is 11.1 Å². The van der Waals surface area contributed by atoms with Gasteiger partial charge in [0.25, 0.3) is 0 Å². The van der Waals surface area contributed by atoms with Gasteiger partial charge in [-0.25, -0.2) is 4.39 Å². The van der Waals surface area contributed by atoms with Crippen LogP contribution in [-0.2, 0) is 10.8 Å². The van der Waals surface area contributed by atoms with Crippen molar-refractivity contribution in [3.8, 4) is 0 Å². The van der Waals surface area contributed by atoms with Crippen LogP contribution in [0.1, 0.15) is 39.0 Å². The van der Waals surface area contributed by atoms with E-state index in [4.69, 9.17) is 0 Å². The van der Waals surface area contributed by atoms with Crippen LogP contribution in [0.3, 0.4) is 0 Å². The lowest BCUT2D eigenvalue weighted by Gasteiger charge is -2.31. The number of hydrogen-bond donors (Lipinski definition) is 1. The number of halogens is 1. The third-order valence-electron chi connectivity index (χ3n) is 3.68. The van der Waals surface area contributed by atoms with E-state index < -0.39 is 10.8 Å². The summed E-state index contributed by atoms with van der Waals surface area (Å²) >= 11 is 0. The maximum atomic E-state index is 12.9. The molecule has 1 aliphatic carbocycles. The summed E-state index contributed by atoms with van der Waals surface area (Å²) in [5.74, 6) is -0.273. The minimum Gasteiger partial charge on any atom is -0.313 e. The average molecular weight is 283 g/mol. The van der Waals surface area contributed by atoms with Crippen molar-refractivity contribution in [2.24, 2.45) is 0 Å². The second kappa shape index (κ2) is 7.15. The first kappa shape index (κ1) is 14.7. The van der Waals surface area contributed by atoms with Crippen LogP contribution in [0.15, 0.2) is 29.2 Å². The third-order valence-corrected chi connectivity index (χ3v) is 5.53. The molecule has 4 heteroatoms. The SMILES string of the molecule is CCCNC1CCCCC1S(=O)c1ccc(F)cc1. The molecule has 0 aliphatic heterocycles. The van der Waals surface area contributed by atoms with Gasteiger partial charge in [-0.15, -0.1) is 0 Å². The molecule has 0 heterocycles. The smallest absolute Gasteiger partial charge is 0.123 e. The molecule has 1 N–H and O–H groups in total. The van der Waals surface area contributed by atoms with Crippen LogP contribution < -0.4 is 5.32 Å².